The van der Waals surface area contributed by atoms with E-state index in [0.717, 1.165) is 12.5 Å². The number of fused-ring (bicyclic) bond motifs is 1. The maximum absolute atomic E-state index is 6.31. The van der Waals surface area contributed by atoms with Gasteiger partial charge >= 0.3 is 0 Å². The van der Waals surface area contributed by atoms with Gasteiger partial charge in [-0.1, -0.05) is 46.5 Å². The monoisotopic (exact) mass is 279 g/mol. The topological polar surface area (TPSA) is 21.3 Å². The summed E-state index contributed by atoms with van der Waals surface area (Å²) < 4.78 is 6.31. The Morgan fingerprint density at radius 1 is 1.15 bits per heavy atom. The van der Waals surface area contributed by atoms with E-state index in [1.807, 2.05) is 0 Å². The molecule has 3 unspecified atom stereocenters. The molecule has 3 aliphatic rings. The lowest BCUT2D eigenvalue weighted by Gasteiger charge is -2.52. The van der Waals surface area contributed by atoms with Crippen molar-refractivity contribution in [2.45, 2.75) is 96.2 Å². The molecular weight excluding hydrogens is 246 g/mol. The summed E-state index contributed by atoms with van der Waals surface area (Å²) in [4.78, 5) is 0. The molecule has 3 fully saturated rings. The Labute approximate surface area is 125 Å². The molecule has 1 heterocycles. The molecule has 1 spiro atoms. The average Bonchev–Trinajstić information content (AvgIpc) is 2.47. The van der Waals surface area contributed by atoms with Crippen LogP contribution in [0.2, 0.25) is 0 Å². The average molecular weight is 279 g/mol. The second-order valence-corrected chi connectivity index (χ2v) is 8.29. The van der Waals surface area contributed by atoms with Crippen LogP contribution in [0.25, 0.3) is 0 Å². The molecule has 1 N–H and O–H groups in total. The fourth-order valence-electron chi connectivity index (χ4n) is 4.71. The van der Waals surface area contributed by atoms with Gasteiger partial charge in [0.25, 0.3) is 0 Å². The van der Waals surface area contributed by atoms with Crippen molar-refractivity contribution >= 4 is 0 Å². The van der Waals surface area contributed by atoms with Crippen LogP contribution in [0.1, 0.15) is 78.6 Å². The summed E-state index contributed by atoms with van der Waals surface area (Å²) in [6.45, 7) is 8.23. The number of hydrogen-bond donors (Lipinski definition) is 1. The Kier molecular flexibility index (Phi) is 4.16. The second-order valence-electron chi connectivity index (χ2n) is 8.29. The lowest BCUT2D eigenvalue weighted by molar-refractivity contribution is -0.103. The highest BCUT2D eigenvalue weighted by atomic mass is 16.5. The number of ether oxygens (including phenoxy) is 1. The molecular formula is C18H33NO. The Morgan fingerprint density at radius 3 is 2.60 bits per heavy atom. The van der Waals surface area contributed by atoms with E-state index in [0.29, 0.717) is 23.1 Å². The van der Waals surface area contributed by atoms with E-state index in [1.165, 1.54) is 57.8 Å². The zero-order chi connectivity index (χ0) is 14.2. The molecule has 0 aromatic heterocycles. The van der Waals surface area contributed by atoms with Crippen molar-refractivity contribution in [3.63, 3.8) is 0 Å². The van der Waals surface area contributed by atoms with Gasteiger partial charge in [0.15, 0.2) is 0 Å². The van der Waals surface area contributed by atoms with Gasteiger partial charge in [0, 0.05) is 11.6 Å². The Balaban J connectivity index is 1.67. The minimum Gasteiger partial charge on any atom is -0.375 e. The minimum absolute atomic E-state index is 0.331. The standard InChI is InChI=1S/C18H33NO/c1-4-17(2,3)14-8-9-16-15(12-14)19-18(13-20-16)10-6-5-7-11-18/h14-16,19H,4-13H2,1-3H3. The van der Waals surface area contributed by atoms with E-state index in [9.17, 15) is 0 Å². The van der Waals surface area contributed by atoms with Crippen LogP contribution in [0.15, 0.2) is 0 Å². The van der Waals surface area contributed by atoms with Gasteiger partial charge in [-0.15, -0.1) is 0 Å². The number of rotatable bonds is 2. The van der Waals surface area contributed by atoms with Crippen molar-refractivity contribution < 1.29 is 4.74 Å². The Bertz CT molecular complexity index is 332. The van der Waals surface area contributed by atoms with Crippen molar-refractivity contribution in [2.24, 2.45) is 11.3 Å². The molecule has 1 aliphatic heterocycles. The number of nitrogens with one attached hydrogen (secondary N) is 1. The van der Waals surface area contributed by atoms with Gasteiger partial charge in [-0.25, -0.2) is 0 Å². The third-order valence-electron chi connectivity index (χ3n) is 6.68. The highest BCUT2D eigenvalue weighted by Gasteiger charge is 2.45. The van der Waals surface area contributed by atoms with E-state index in [1.54, 1.807) is 0 Å². The summed E-state index contributed by atoms with van der Waals surface area (Å²) in [6, 6.07) is 0.617. The first-order valence-corrected chi connectivity index (χ1v) is 8.94. The SMILES string of the molecule is CCC(C)(C)C1CCC2OCC3(CCCCC3)NC2C1. The molecule has 3 atom stereocenters. The summed E-state index contributed by atoms with van der Waals surface area (Å²) >= 11 is 0. The van der Waals surface area contributed by atoms with E-state index in [-0.39, 0.29) is 0 Å². The Morgan fingerprint density at radius 2 is 1.90 bits per heavy atom. The van der Waals surface area contributed by atoms with Gasteiger partial charge in [-0.3, -0.25) is 0 Å². The van der Waals surface area contributed by atoms with Crippen LogP contribution >= 0.6 is 0 Å². The summed E-state index contributed by atoms with van der Waals surface area (Å²) in [5.74, 6) is 0.864. The first kappa shape index (κ1) is 14.8. The van der Waals surface area contributed by atoms with Crippen molar-refractivity contribution in [2.75, 3.05) is 6.61 Å². The van der Waals surface area contributed by atoms with Crippen molar-refractivity contribution in [1.82, 2.24) is 5.32 Å². The zero-order valence-electron chi connectivity index (χ0n) is 13.7. The third kappa shape index (κ3) is 2.78. The molecule has 0 radical (unpaired) electrons. The quantitative estimate of drug-likeness (QED) is 0.814. The molecule has 1 saturated heterocycles. The smallest absolute Gasteiger partial charge is 0.0729 e. The number of hydrogen-bond acceptors (Lipinski definition) is 2. The van der Waals surface area contributed by atoms with Crippen LogP contribution in [0.3, 0.4) is 0 Å². The molecule has 0 aromatic carbocycles. The maximum atomic E-state index is 6.31. The molecule has 2 heteroatoms. The second kappa shape index (κ2) is 5.61. The predicted molar refractivity (Wildman–Crippen MR) is 83.9 cm³/mol. The van der Waals surface area contributed by atoms with Gasteiger partial charge in [0.1, 0.15) is 0 Å². The fourth-order valence-corrected chi connectivity index (χ4v) is 4.71. The van der Waals surface area contributed by atoms with Crippen molar-refractivity contribution in [3.8, 4) is 0 Å². The number of morpholine rings is 1. The molecule has 20 heavy (non-hydrogen) atoms. The summed E-state index contributed by atoms with van der Waals surface area (Å²) in [5, 5.41) is 4.07. The summed E-state index contributed by atoms with van der Waals surface area (Å²) in [5.41, 5.74) is 0.821. The van der Waals surface area contributed by atoms with Crippen LogP contribution in [0, 0.1) is 11.3 Å². The van der Waals surface area contributed by atoms with E-state index < -0.39 is 0 Å². The van der Waals surface area contributed by atoms with Crippen LogP contribution < -0.4 is 5.32 Å². The third-order valence-corrected chi connectivity index (χ3v) is 6.68. The van der Waals surface area contributed by atoms with Crippen LogP contribution in [-0.2, 0) is 4.74 Å². The molecule has 0 aromatic rings. The van der Waals surface area contributed by atoms with Gasteiger partial charge in [0.2, 0.25) is 0 Å². The van der Waals surface area contributed by atoms with Gasteiger partial charge in [0.05, 0.1) is 12.7 Å². The van der Waals surface area contributed by atoms with Gasteiger partial charge < -0.3 is 10.1 Å². The van der Waals surface area contributed by atoms with Crippen molar-refractivity contribution in [1.29, 1.82) is 0 Å². The Hall–Kier alpha value is -0.0800. The molecule has 0 amide bonds. The fraction of sp³-hybridized carbons (Fsp3) is 1.00. The van der Waals surface area contributed by atoms with Crippen LogP contribution in [0.5, 0.6) is 0 Å². The van der Waals surface area contributed by atoms with E-state index in [4.69, 9.17) is 4.74 Å². The summed E-state index contributed by atoms with van der Waals surface area (Å²) in [7, 11) is 0. The highest BCUT2D eigenvalue weighted by molar-refractivity contribution is 5.02. The zero-order valence-corrected chi connectivity index (χ0v) is 13.7. The lowest BCUT2D eigenvalue weighted by atomic mass is 9.67. The van der Waals surface area contributed by atoms with Crippen molar-refractivity contribution in [3.05, 3.63) is 0 Å². The van der Waals surface area contributed by atoms with Crippen LogP contribution in [-0.4, -0.2) is 24.3 Å². The minimum atomic E-state index is 0.331. The highest BCUT2D eigenvalue weighted by Crippen LogP contribution is 2.44. The maximum Gasteiger partial charge on any atom is 0.0729 e. The van der Waals surface area contributed by atoms with Crippen LogP contribution in [0.4, 0.5) is 0 Å². The van der Waals surface area contributed by atoms with Gasteiger partial charge in [-0.05, 0) is 43.4 Å². The molecule has 2 saturated carbocycles. The summed E-state index contributed by atoms with van der Waals surface area (Å²) in [6.07, 6.45) is 12.6. The largest absolute Gasteiger partial charge is 0.375 e. The van der Waals surface area contributed by atoms with E-state index in [2.05, 4.69) is 26.1 Å². The first-order valence-electron chi connectivity index (χ1n) is 8.94. The normalized spacial score (nSPS) is 37.6. The molecule has 2 aliphatic carbocycles. The first-order chi connectivity index (χ1) is 9.55. The molecule has 3 rings (SSSR count). The van der Waals surface area contributed by atoms with E-state index >= 15 is 0 Å². The predicted octanol–water partition coefficient (Wildman–Crippen LogP) is 4.28. The molecule has 0 bridgehead atoms. The van der Waals surface area contributed by atoms with Gasteiger partial charge in [-0.2, -0.15) is 0 Å². The molecule has 2 nitrogen and oxygen atoms in total. The lowest BCUT2D eigenvalue weighted by Crippen LogP contribution is -2.64. The molecule has 116 valence electrons.